The topological polar surface area (TPSA) is 80.2 Å². The van der Waals surface area contributed by atoms with Crippen LogP contribution in [0.1, 0.15) is 26.9 Å². The summed E-state index contributed by atoms with van der Waals surface area (Å²) < 4.78 is 5.41. The van der Waals surface area contributed by atoms with Crippen LogP contribution >= 0.6 is 11.3 Å². The molecule has 2 aromatic heterocycles. The van der Waals surface area contributed by atoms with E-state index in [-0.39, 0.29) is 12.5 Å². The molecule has 1 amide bonds. The van der Waals surface area contributed by atoms with Crippen LogP contribution in [0.4, 0.5) is 5.82 Å². The highest BCUT2D eigenvalue weighted by Crippen LogP contribution is 2.27. The number of carbonyl (C=O) groups is 1. The molecule has 0 spiro atoms. The molecule has 1 aliphatic rings. The van der Waals surface area contributed by atoms with Crippen molar-refractivity contribution < 1.29 is 9.53 Å². The minimum atomic E-state index is -0.153. The van der Waals surface area contributed by atoms with Crippen LogP contribution in [0.3, 0.4) is 0 Å². The van der Waals surface area contributed by atoms with Gasteiger partial charge >= 0.3 is 0 Å². The number of carbonyl (C=O) groups excluding carboxylic acids is 1. The van der Waals surface area contributed by atoms with Crippen LogP contribution in [-0.4, -0.2) is 47.2 Å². The fourth-order valence-corrected chi connectivity index (χ4v) is 4.18. The lowest BCUT2D eigenvalue weighted by Crippen LogP contribution is -2.37. The largest absolute Gasteiger partial charge is 0.378 e. The maximum Gasteiger partial charge on any atom is 0.263 e. The van der Waals surface area contributed by atoms with Gasteiger partial charge in [-0.3, -0.25) is 4.79 Å². The number of hydrogen-bond acceptors (Lipinski definition) is 7. The molecule has 1 aromatic carbocycles. The highest BCUT2D eigenvalue weighted by Gasteiger charge is 2.18. The van der Waals surface area contributed by atoms with Crippen LogP contribution in [0.2, 0.25) is 0 Å². The van der Waals surface area contributed by atoms with Crippen molar-refractivity contribution in [1.82, 2.24) is 20.3 Å². The summed E-state index contributed by atoms with van der Waals surface area (Å²) in [6.45, 7) is 7.09. The molecule has 3 heterocycles. The normalized spacial score (nSPS) is 14.1. The smallest absolute Gasteiger partial charge is 0.263 e. The van der Waals surface area contributed by atoms with E-state index in [1.165, 1.54) is 11.3 Å². The number of morpholine rings is 1. The molecule has 1 N–H and O–H groups in total. The number of rotatable bonds is 5. The van der Waals surface area contributed by atoms with Gasteiger partial charge in [-0.1, -0.05) is 30.3 Å². The van der Waals surface area contributed by atoms with Crippen molar-refractivity contribution in [2.75, 3.05) is 31.2 Å². The highest BCUT2D eigenvalue weighted by atomic mass is 32.1. The van der Waals surface area contributed by atoms with Crippen LogP contribution < -0.4 is 10.2 Å². The molecule has 0 bridgehead atoms. The third kappa shape index (κ3) is 4.60. The molecule has 1 saturated heterocycles. The quantitative estimate of drug-likeness (QED) is 0.698. The van der Waals surface area contributed by atoms with Crippen molar-refractivity contribution in [3.63, 3.8) is 0 Å². The third-order valence-corrected chi connectivity index (χ3v) is 5.86. The van der Waals surface area contributed by atoms with Crippen LogP contribution in [0.15, 0.2) is 36.4 Å². The number of aromatic nitrogens is 3. The number of amides is 1. The Morgan fingerprint density at radius 2 is 1.90 bits per heavy atom. The van der Waals surface area contributed by atoms with E-state index in [0.29, 0.717) is 23.9 Å². The summed E-state index contributed by atoms with van der Waals surface area (Å²) in [5.41, 5.74) is 2.62. The molecule has 0 atom stereocenters. The summed E-state index contributed by atoms with van der Waals surface area (Å²) in [4.78, 5) is 29.2. The Morgan fingerprint density at radius 1 is 1.14 bits per heavy atom. The number of ether oxygens (including phenoxy) is 1. The molecule has 3 aromatic rings. The van der Waals surface area contributed by atoms with Gasteiger partial charge in [0.25, 0.3) is 5.91 Å². The molecule has 1 aliphatic heterocycles. The molecule has 0 radical (unpaired) electrons. The minimum absolute atomic E-state index is 0.153. The van der Waals surface area contributed by atoms with Gasteiger partial charge in [0.15, 0.2) is 0 Å². The molecular formula is C21H23N5O2S. The van der Waals surface area contributed by atoms with Gasteiger partial charge < -0.3 is 15.0 Å². The lowest BCUT2D eigenvalue weighted by molar-refractivity contribution is 0.0953. The molecule has 150 valence electrons. The van der Waals surface area contributed by atoms with E-state index in [2.05, 4.69) is 25.2 Å². The predicted octanol–water partition coefficient (Wildman–Crippen LogP) is 2.98. The Morgan fingerprint density at radius 3 is 2.66 bits per heavy atom. The van der Waals surface area contributed by atoms with E-state index in [1.54, 1.807) is 0 Å². The van der Waals surface area contributed by atoms with Gasteiger partial charge in [0.2, 0.25) is 0 Å². The average molecular weight is 410 g/mol. The van der Waals surface area contributed by atoms with Gasteiger partial charge in [-0.2, -0.15) is 0 Å². The maximum atomic E-state index is 12.7. The molecule has 8 heteroatoms. The third-order valence-electron chi connectivity index (χ3n) is 4.65. The van der Waals surface area contributed by atoms with E-state index in [9.17, 15) is 4.79 Å². The molecule has 4 rings (SSSR count). The van der Waals surface area contributed by atoms with Gasteiger partial charge in [0.1, 0.15) is 21.5 Å². The number of anilines is 1. The zero-order valence-electron chi connectivity index (χ0n) is 16.5. The van der Waals surface area contributed by atoms with Crippen molar-refractivity contribution in [3.05, 3.63) is 58.5 Å². The summed E-state index contributed by atoms with van der Waals surface area (Å²) in [6, 6.07) is 11.8. The number of aryl methyl sites for hydroxylation is 2. The Labute approximate surface area is 173 Å². The molecule has 1 fully saturated rings. The van der Waals surface area contributed by atoms with E-state index in [0.717, 1.165) is 40.9 Å². The van der Waals surface area contributed by atoms with Crippen molar-refractivity contribution in [3.8, 4) is 10.6 Å². The van der Waals surface area contributed by atoms with E-state index < -0.39 is 0 Å². The van der Waals surface area contributed by atoms with Gasteiger partial charge in [-0.25, -0.2) is 15.0 Å². The van der Waals surface area contributed by atoms with Crippen molar-refractivity contribution in [1.29, 1.82) is 0 Å². The lowest BCUT2D eigenvalue weighted by atomic mass is 10.2. The number of nitrogens with zero attached hydrogens (tertiary/aromatic N) is 4. The number of hydrogen-bond donors (Lipinski definition) is 1. The number of benzene rings is 1. The Balaban J connectivity index is 1.46. The van der Waals surface area contributed by atoms with Gasteiger partial charge in [0.05, 0.1) is 25.5 Å². The van der Waals surface area contributed by atoms with Crippen LogP contribution in [0.25, 0.3) is 10.6 Å². The SMILES string of the molecule is Cc1cc(N2CCOCC2)nc(CNC(=O)c2sc(-c3ccccc3)nc2C)n1. The van der Waals surface area contributed by atoms with Crippen LogP contribution in [0, 0.1) is 13.8 Å². The minimum Gasteiger partial charge on any atom is -0.378 e. The molecule has 7 nitrogen and oxygen atoms in total. The predicted molar refractivity (Wildman–Crippen MR) is 113 cm³/mol. The summed E-state index contributed by atoms with van der Waals surface area (Å²) in [7, 11) is 0. The van der Waals surface area contributed by atoms with Gasteiger partial charge in [-0.05, 0) is 13.8 Å². The Hall–Kier alpha value is -2.84. The average Bonchev–Trinajstić information content (AvgIpc) is 3.15. The molecule has 29 heavy (non-hydrogen) atoms. The van der Waals surface area contributed by atoms with E-state index in [1.807, 2.05) is 50.2 Å². The van der Waals surface area contributed by atoms with Gasteiger partial charge in [0, 0.05) is 30.4 Å². The van der Waals surface area contributed by atoms with E-state index >= 15 is 0 Å². The standard InChI is InChI=1S/C21H23N5O2S/c1-14-12-18(26-8-10-28-11-9-26)25-17(23-14)13-22-20(27)19-15(2)24-21(29-19)16-6-4-3-5-7-16/h3-7,12H,8-11,13H2,1-2H3,(H,22,27). The number of thiazole rings is 1. The molecule has 0 aliphatic carbocycles. The maximum absolute atomic E-state index is 12.7. The Kier molecular flexibility index (Phi) is 5.82. The Bertz CT molecular complexity index is 1000. The monoisotopic (exact) mass is 409 g/mol. The first-order valence-corrected chi connectivity index (χ1v) is 10.4. The zero-order valence-corrected chi connectivity index (χ0v) is 17.3. The lowest BCUT2D eigenvalue weighted by Gasteiger charge is -2.28. The van der Waals surface area contributed by atoms with Crippen molar-refractivity contribution >= 4 is 23.1 Å². The first kappa shape index (κ1) is 19.5. The molecular weight excluding hydrogens is 386 g/mol. The highest BCUT2D eigenvalue weighted by molar-refractivity contribution is 7.17. The fraction of sp³-hybridized carbons (Fsp3) is 0.333. The van der Waals surface area contributed by atoms with Gasteiger partial charge in [-0.15, -0.1) is 11.3 Å². The van der Waals surface area contributed by atoms with E-state index in [4.69, 9.17) is 4.74 Å². The summed E-state index contributed by atoms with van der Waals surface area (Å²) >= 11 is 1.40. The summed E-state index contributed by atoms with van der Waals surface area (Å²) in [6.07, 6.45) is 0. The zero-order chi connectivity index (χ0) is 20.2. The second-order valence-corrected chi connectivity index (χ2v) is 7.86. The summed E-state index contributed by atoms with van der Waals surface area (Å²) in [5.74, 6) is 1.33. The van der Waals surface area contributed by atoms with Crippen LogP contribution in [-0.2, 0) is 11.3 Å². The summed E-state index contributed by atoms with van der Waals surface area (Å²) in [5, 5.41) is 3.78. The second kappa shape index (κ2) is 8.67. The molecule has 0 saturated carbocycles. The van der Waals surface area contributed by atoms with Crippen molar-refractivity contribution in [2.45, 2.75) is 20.4 Å². The molecule has 0 unspecified atom stereocenters. The number of nitrogens with one attached hydrogen (secondary N) is 1. The van der Waals surface area contributed by atoms with Crippen LogP contribution in [0.5, 0.6) is 0 Å². The van der Waals surface area contributed by atoms with Crippen molar-refractivity contribution in [2.24, 2.45) is 0 Å². The first-order valence-electron chi connectivity index (χ1n) is 9.58. The second-order valence-electron chi connectivity index (χ2n) is 6.87. The first-order chi connectivity index (χ1) is 14.1. The fourth-order valence-electron chi connectivity index (χ4n) is 3.20.